The molecule has 0 bridgehead atoms. The molecule has 0 aliphatic heterocycles. The molecule has 1 saturated carbocycles. The van der Waals surface area contributed by atoms with Crippen LogP contribution in [-0.4, -0.2) is 25.3 Å². The highest BCUT2D eigenvalue weighted by Gasteiger charge is 2.36. The predicted molar refractivity (Wildman–Crippen MR) is 63.6 cm³/mol. The number of halogens is 1. The second kappa shape index (κ2) is 4.97. The zero-order valence-corrected chi connectivity index (χ0v) is 11.2. The van der Waals surface area contributed by atoms with Crippen molar-refractivity contribution in [1.82, 2.24) is 0 Å². The normalized spacial score (nSPS) is 21.3. The van der Waals surface area contributed by atoms with Crippen LogP contribution in [0.4, 0.5) is 0 Å². The molecule has 1 rings (SSSR count). The monoisotopic (exact) mass is 282 g/mol. The minimum absolute atomic E-state index is 0.0496. The van der Waals surface area contributed by atoms with Gasteiger partial charge < -0.3 is 0 Å². The van der Waals surface area contributed by atoms with Crippen LogP contribution in [0.15, 0.2) is 0 Å². The summed E-state index contributed by atoms with van der Waals surface area (Å²) in [4.78, 5) is 0. The first-order valence-corrected chi connectivity index (χ1v) is 8.24. The van der Waals surface area contributed by atoms with Crippen molar-refractivity contribution >= 4 is 25.8 Å². The zero-order valence-electron chi connectivity index (χ0n) is 8.76. The van der Waals surface area contributed by atoms with Crippen molar-refractivity contribution in [2.24, 2.45) is 5.41 Å². The lowest BCUT2D eigenvalue weighted by atomic mass is 9.92. The Kier molecular flexibility index (Phi) is 4.44. The SMILES string of the molecule is CCCS(=O)(=O)CC1(CBr)CCCC1. The quantitative estimate of drug-likeness (QED) is 0.727. The van der Waals surface area contributed by atoms with Gasteiger partial charge in [-0.25, -0.2) is 8.42 Å². The van der Waals surface area contributed by atoms with E-state index in [2.05, 4.69) is 15.9 Å². The third-order valence-electron chi connectivity index (χ3n) is 2.99. The van der Waals surface area contributed by atoms with Gasteiger partial charge in [0, 0.05) is 11.1 Å². The van der Waals surface area contributed by atoms with E-state index in [4.69, 9.17) is 0 Å². The molecule has 84 valence electrons. The van der Waals surface area contributed by atoms with Gasteiger partial charge in [0.2, 0.25) is 0 Å². The van der Waals surface area contributed by atoms with E-state index in [0.29, 0.717) is 11.5 Å². The molecule has 0 saturated heterocycles. The molecule has 1 fully saturated rings. The van der Waals surface area contributed by atoms with E-state index in [1.165, 1.54) is 12.8 Å². The number of hydrogen-bond donors (Lipinski definition) is 0. The molecule has 0 unspecified atom stereocenters. The van der Waals surface area contributed by atoms with Gasteiger partial charge in [-0.2, -0.15) is 0 Å². The van der Waals surface area contributed by atoms with Crippen LogP contribution in [0.3, 0.4) is 0 Å². The van der Waals surface area contributed by atoms with E-state index in [-0.39, 0.29) is 5.41 Å². The molecule has 1 aliphatic carbocycles. The van der Waals surface area contributed by atoms with Gasteiger partial charge in [0.05, 0.1) is 5.75 Å². The van der Waals surface area contributed by atoms with Gasteiger partial charge in [0.25, 0.3) is 0 Å². The van der Waals surface area contributed by atoms with Crippen LogP contribution in [0.2, 0.25) is 0 Å². The van der Waals surface area contributed by atoms with Gasteiger partial charge >= 0.3 is 0 Å². The second-order valence-corrected chi connectivity index (χ2v) is 7.18. The average molecular weight is 283 g/mol. The van der Waals surface area contributed by atoms with E-state index in [1.54, 1.807) is 0 Å². The summed E-state index contributed by atoms with van der Waals surface area (Å²) < 4.78 is 23.5. The molecule has 0 N–H and O–H groups in total. The van der Waals surface area contributed by atoms with Crippen molar-refractivity contribution in [2.75, 3.05) is 16.8 Å². The molecule has 1 aliphatic rings. The Labute approximate surface area is 95.5 Å². The van der Waals surface area contributed by atoms with Crippen LogP contribution in [0.5, 0.6) is 0 Å². The molecule has 0 aromatic heterocycles. The Balaban J connectivity index is 2.64. The van der Waals surface area contributed by atoms with E-state index in [9.17, 15) is 8.42 Å². The molecule has 0 heterocycles. The molecule has 0 aromatic rings. The van der Waals surface area contributed by atoms with Crippen LogP contribution in [0.25, 0.3) is 0 Å². The van der Waals surface area contributed by atoms with Crippen LogP contribution >= 0.6 is 15.9 Å². The summed E-state index contributed by atoms with van der Waals surface area (Å²) in [5.41, 5.74) is 0.0496. The van der Waals surface area contributed by atoms with Gasteiger partial charge in [-0.15, -0.1) is 0 Å². The van der Waals surface area contributed by atoms with Crippen molar-refractivity contribution in [1.29, 1.82) is 0 Å². The van der Waals surface area contributed by atoms with E-state index >= 15 is 0 Å². The summed E-state index contributed by atoms with van der Waals surface area (Å²) in [7, 11) is -2.82. The number of sulfone groups is 1. The molecule has 4 heteroatoms. The Morgan fingerprint density at radius 3 is 2.29 bits per heavy atom. The van der Waals surface area contributed by atoms with E-state index in [0.717, 1.165) is 24.6 Å². The summed E-state index contributed by atoms with van der Waals surface area (Å²) >= 11 is 3.47. The molecule has 14 heavy (non-hydrogen) atoms. The van der Waals surface area contributed by atoms with E-state index in [1.807, 2.05) is 6.92 Å². The van der Waals surface area contributed by atoms with Crippen molar-refractivity contribution < 1.29 is 8.42 Å². The number of rotatable bonds is 5. The van der Waals surface area contributed by atoms with Crippen molar-refractivity contribution in [3.63, 3.8) is 0 Å². The van der Waals surface area contributed by atoms with Crippen LogP contribution in [0, 0.1) is 5.41 Å². The standard InChI is InChI=1S/C10H19BrO2S/c1-2-7-14(12,13)9-10(8-11)5-3-4-6-10/h2-9H2,1H3. The lowest BCUT2D eigenvalue weighted by molar-refractivity contribution is 0.394. The highest BCUT2D eigenvalue weighted by atomic mass is 79.9. The average Bonchev–Trinajstić information content (AvgIpc) is 2.53. The van der Waals surface area contributed by atoms with Crippen LogP contribution in [-0.2, 0) is 9.84 Å². The maximum Gasteiger partial charge on any atom is 0.150 e. The third kappa shape index (κ3) is 3.23. The van der Waals surface area contributed by atoms with Crippen molar-refractivity contribution in [2.45, 2.75) is 39.0 Å². The molecular weight excluding hydrogens is 264 g/mol. The predicted octanol–water partition coefficient (Wildman–Crippen LogP) is 2.77. The summed E-state index contributed by atoms with van der Waals surface area (Å²) in [6, 6.07) is 0. The van der Waals surface area contributed by atoms with Crippen LogP contribution < -0.4 is 0 Å². The van der Waals surface area contributed by atoms with Crippen LogP contribution in [0.1, 0.15) is 39.0 Å². The minimum Gasteiger partial charge on any atom is -0.229 e. The fourth-order valence-electron chi connectivity index (χ4n) is 2.29. The first kappa shape index (κ1) is 12.5. The highest BCUT2D eigenvalue weighted by molar-refractivity contribution is 9.09. The molecule has 0 spiro atoms. The van der Waals surface area contributed by atoms with Gasteiger partial charge in [0.1, 0.15) is 0 Å². The van der Waals surface area contributed by atoms with Crippen molar-refractivity contribution in [3.05, 3.63) is 0 Å². The zero-order chi connectivity index (χ0) is 10.7. The molecule has 0 atom stereocenters. The van der Waals surface area contributed by atoms with Crippen molar-refractivity contribution in [3.8, 4) is 0 Å². The maximum absolute atomic E-state index is 11.7. The number of alkyl halides is 1. The largest absolute Gasteiger partial charge is 0.229 e. The Morgan fingerprint density at radius 1 is 1.29 bits per heavy atom. The smallest absolute Gasteiger partial charge is 0.150 e. The first-order valence-electron chi connectivity index (χ1n) is 5.30. The Bertz CT molecular complexity index is 266. The summed E-state index contributed by atoms with van der Waals surface area (Å²) in [6.45, 7) is 1.92. The molecule has 0 amide bonds. The molecule has 2 nitrogen and oxygen atoms in total. The summed E-state index contributed by atoms with van der Waals surface area (Å²) in [5.74, 6) is 0.737. The fourth-order valence-corrected chi connectivity index (χ4v) is 5.40. The Morgan fingerprint density at radius 2 is 1.86 bits per heavy atom. The van der Waals surface area contributed by atoms with Gasteiger partial charge in [-0.1, -0.05) is 35.7 Å². The third-order valence-corrected chi connectivity index (χ3v) is 6.26. The van der Waals surface area contributed by atoms with Gasteiger partial charge in [-0.05, 0) is 24.7 Å². The van der Waals surface area contributed by atoms with Gasteiger partial charge in [-0.3, -0.25) is 0 Å². The molecular formula is C10H19BrO2S. The lowest BCUT2D eigenvalue weighted by Crippen LogP contribution is -2.30. The Hall–Kier alpha value is 0.430. The maximum atomic E-state index is 11.7. The lowest BCUT2D eigenvalue weighted by Gasteiger charge is -2.25. The number of hydrogen-bond acceptors (Lipinski definition) is 2. The summed E-state index contributed by atoms with van der Waals surface area (Å²) in [6.07, 6.45) is 5.25. The minimum atomic E-state index is -2.82. The topological polar surface area (TPSA) is 34.1 Å². The summed E-state index contributed by atoms with van der Waals surface area (Å²) in [5, 5.41) is 0.836. The first-order chi connectivity index (χ1) is 6.54. The van der Waals surface area contributed by atoms with E-state index < -0.39 is 9.84 Å². The second-order valence-electron chi connectivity index (χ2n) is 4.43. The fraction of sp³-hybridized carbons (Fsp3) is 1.00. The molecule has 0 radical (unpaired) electrons. The highest BCUT2D eigenvalue weighted by Crippen LogP contribution is 2.40. The van der Waals surface area contributed by atoms with Gasteiger partial charge in [0.15, 0.2) is 9.84 Å². The molecule has 0 aromatic carbocycles.